The van der Waals surface area contributed by atoms with Crippen molar-refractivity contribution in [2.45, 2.75) is 124 Å². The van der Waals surface area contributed by atoms with Gasteiger partial charge in [-0.25, -0.2) is 34.3 Å². The molecule has 4 aromatic heterocycles. The predicted molar refractivity (Wildman–Crippen MR) is 349 cm³/mol. The molecule has 0 saturated heterocycles. The van der Waals surface area contributed by atoms with Gasteiger partial charge < -0.3 is 18.9 Å². The molecule has 88 heavy (non-hydrogen) atoms. The van der Waals surface area contributed by atoms with Gasteiger partial charge in [0.2, 0.25) is 0 Å². The smallest absolute Gasteiger partial charge is 0.341 e. The SMILES string of the molecule is CCC(C(=O)OC1=CC(C)(C)C=c2cc3c(nc21)=CC(C)(C)C=C3)C(C(=O)OC1=CC(C)(C)C=c2cc3c(nc21)=CC(C)(C)C=C3)(C(=O)OC1=CC(C)(C)C=c2cc3c(nc21)=CC(C)(C)C=C3)C(=O)OC1=CC(C)(C)C=c2cc3c(nc21)=CC(C)(C)C=C3. The van der Waals surface area contributed by atoms with E-state index in [4.69, 9.17) is 38.9 Å². The van der Waals surface area contributed by atoms with Gasteiger partial charge >= 0.3 is 23.9 Å². The Hall–Kier alpha value is -8.64. The molecule has 8 aliphatic carbocycles. The zero-order chi connectivity index (χ0) is 63.3. The Morgan fingerprint density at radius 3 is 0.830 bits per heavy atom. The molecule has 0 spiro atoms. The summed E-state index contributed by atoms with van der Waals surface area (Å²) in [5.74, 6) is -7.50. The number of ether oxygens (including phenoxy) is 4. The first-order chi connectivity index (χ1) is 40.9. The molecule has 12 nitrogen and oxygen atoms in total. The highest BCUT2D eigenvalue weighted by atomic mass is 16.6. The Labute approximate surface area is 514 Å². The molecule has 0 aliphatic heterocycles. The second-order valence-corrected chi connectivity index (χ2v) is 30.1. The Kier molecular flexibility index (Phi) is 13.5. The zero-order valence-corrected chi connectivity index (χ0v) is 53.7. The summed E-state index contributed by atoms with van der Waals surface area (Å²) in [6.07, 6.45) is 39.4. The largest absolute Gasteiger partial charge is 0.424 e. The normalized spacial score (nSPS) is 21.1. The van der Waals surface area contributed by atoms with Gasteiger partial charge in [0.1, 0.15) is 22.8 Å². The van der Waals surface area contributed by atoms with Crippen LogP contribution in [-0.4, -0.2) is 43.8 Å². The van der Waals surface area contributed by atoms with E-state index in [1.165, 1.54) is 0 Å². The fraction of sp³-hybridized carbons (Fsp3) is 0.368. The fourth-order valence-electron chi connectivity index (χ4n) is 13.0. The van der Waals surface area contributed by atoms with Crippen LogP contribution >= 0.6 is 0 Å². The molecular formula is C76H78N4O8. The van der Waals surface area contributed by atoms with Crippen LogP contribution in [0.15, 0.2) is 72.9 Å². The van der Waals surface area contributed by atoms with Gasteiger partial charge in [-0.1, -0.05) is 191 Å². The highest BCUT2D eigenvalue weighted by molar-refractivity contribution is 6.22. The highest BCUT2D eigenvalue weighted by Gasteiger charge is 2.66. The molecule has 12 heteroatoms. The Morgan fingerprint density at radius 1 is 0.352 bits per heavy atom. The van der Waals surface area contributed by atoms with E-state index in [0.29, 0.717) is 65.0 Å². The number of rotatable bonds is 10. The average Bonchev–Trinajstić information content (AvgIpc) is 0.824. The highest BCUT2D eigenvalue weighted by Crippen LogP contribution is 2.44. The van der Waals surface area contributed by atoms with Crippen molar-refractivity contribution in [3.05, 3.63) is 160 Å². The molecule has 0 aromatic carbocycles. The van der Waals surface area contributed by atoms with E-state index in [2.05, 4.69) is 85.8 Å². The maximum atomic E-state index is 16.8. The number of pyridine rings is 4. The van der Waals surface area contributed by atoms with E-state index in [0.717, 1.165) is 22.3 Å². The summed E-state index contributed by atoms with van der Waals surface area (Å²) in [5, 5.41) is 5.30. The summed E-state index contributed by atoms with van der Waals surface area (Å²) in [5.41, 5.74) is -2.98. The Morgan fingerprint density at radius 2 is 0.591 bits per heavy atom. The van der Waals surface area contributed by atoms with Gasteiger partial charge in [0, 0.05) is 86.4 Å². The van der Waals surface area contributed by atoms with Crippen molar-refractivity contribution in [2.75, 3.05) is 0 Å². The second kappa shape index (κ2) is 19.9. The lowest BCUT2D eigenvalue weighted by Gasteiger charge is -2.35. The minimum atomic E-state index is -3.32. The molecule has 4 aromatic rings. The third-order valence-corrected chi connectivity index (χ3v) is 17.3. The number of fused-ring (bicyclic) bond motifs is 8. The summed E-state index contributed by atoms with van der Waals surface area (Å²) >= 11 is 0. The number of carbonyl (C=O) groups excluding carboxylic acids is 4. The molecule has 0 amide bonds. The first-order valence-corrected chi connectivity index (χ1v) is 30.6. The maximum Gasteiger partial charge on any atom is 0.341 e. The molecule has 0 radical (unpaired) electrons. The van der Waals surface area contributed by atoms with Crippen LogP contribution in [0.3, 0.4) is 0 Å². The van der Waals surface area contributed by atoms with Crippen molar-refractivity contribution in [2.24, 2.45) is 54.7 Å². The molecule has 1 atom stereocenters. The van der Waals surface area contributed by atoms with Gasteiger partial charge in [-0.2, -0.15) is 0 Å². The van der Waals surface area contributed by atoms with Crippen LogP contribution < -0.4 is 42.3 Å². The summed E-state index contributed by atoms with van der Waals surface area (Å²) in [4.78, 5) is 87.2. The maximum absolute atomic E-state index is 16.8. The number of allylic oxidation sites excluding steroid dienone is 8. The van der Waals surface area contributed by atoms with Gasteiger partial charge in [-0.3, -0.25) is 4.79 Å². The van der Waals surface area contributed by atoms with Crippen LogP contribution in [-0.2, 0) is 38.1 Å². The number of hydrogen-bond acceptors (Lipinski definition) is 12. The molecule has 450 valence electrons. The topological polar surface area (TPSA) is 157 Å². The molecule has 0 N–H and O–H groups in total. The van der Waals surface area contributed by atoms with Crippen molar-refractivity contribution < 1.29 is 38.1 Å². The Balaban J connectivity index is 1.08. The van der Waals surface area contributed by atoms with Crippen LogP contribution in [0.1, 0.15) is 169 Å². The number of hydrogen-bond donors (Lipinski definition) is 0. The minimum Gasteiger partial charge on any atom is -0.424 e. The average molecular weight is 1180 g/mol. The van der Waals surface area contributed by atoms with Gasteiger partial charge in [-0.15, -0.1) is 0 Å². The molecule has 0 fully saturated rings. The first-order valence-electron chi connectivity index (χ1n) is 30.6. The molecule has 0 saturated carbocycles. The van der Waals surface area contributed by atoms with Gasteiger partial charge in [0.05, 0.1) is 27.3 Å². The molecule has 8 aliphatic rings. The molecule has 12 rings (SSSR count). The van der Waals surface area contributed by atoms with Crippen LogP contribution in [0.5, 0.6) is 0 Å². The third kappa shape index (κ3) is 11.1. The van der Waals surface area contributed by atoms with Gasteiger partial charge in [-0.05, 0) is 79.3 Å². The van der Waals surface area contributed by atoms with E-state index in [1.54, 1.807) is 31.2 Å². The van der Waals surface area contributed by atoms with E-state index >= 15 is 19.2 Å². The number of aromatic nitrogens is 4. The summed E-state index contributed by atoms with van der Waals surface area (Å²) in [6.45, 7) is 33.8. The standard InChI is InChI=1S/C76H78N4O8/c1-18-51(64(81)85-56-39-72(10,11)31-47-27-43-19-23-68(2,3)35-52(43)77-60(47)56)76(65(82)86-57-40-73(12,13)32-48-28-44-20-24-69(4,5)36-53(44)78-61(48)57,66(83)87-58-41-74(14,15)33-49-29-45-21-25-70(6,7)37-54(45)79-62(49)58)67(84)88-59-42-75(16,17)34-50-30-46-22-26-71(8,9)38-55(46)80-63(50)59/h19-42,51H,18H2,1-17H3. The fourth-order valence-corrected chi connectivity index (χ4v) is 13.0. The van der Waals surface area contributed by atoms with Crippen molar-refractivity contribution in [3.63, 3.8) is 0 Å². The third-order valence-electron chi connectivity index (χ3n) is 17.3. The summed E-state index contributed by atoms with van der Waals surface area (Å²) in [7, 11) is 0. The summed E-state index contributed by atoms with van der Waals surface area (Å²) < 4.78 is 26.9. The molecular weight excluding hydrogens is 1100 g/mol. The molecule has 0 bridgehead atoms. The van der Waals surface area contributed by atoms with Crippen LogP contribution in [0.4, 0.5) is 0 Å². The zero-order valence-electron chi connectivity index (χ0n) is 53.7. The number of nitrogens with zero attached hydrogens (tertiary/aromatic N) is 4. The van der Waals surface area contributed by atoms with Crippen molar-refractivity contribution in [3.8, 4) is 0 Å². The quantitative estimate of drug-likeness (QED) is 0.0843. The van der Waals surface area contributed by atoms with Gasteiger partial charge in [0.25, 0.3) is 5.41 Å². The van der Waals surface area contributed by atoms with Crippen LogP contribution in [0, 0.1) is 54.7 Å². The molecule has 1 unspecified atom stereocenters. The van der Waals surface area contributed by atoms with E-state index in [1.807, 2.05) is 146 Å². The van der Waals surface area contributed by atoms with Crippen molar-refractivity contribution in [1.29, 1.82) is 0 Å². The Bertz CT molecular complexity index is 4350. The van der Waals surface area contributed by atoms with Gasteiger partial charge in [0.15, 0.2) is 23.0 Å². The van der Waals surface area contributed by atoms with E-state index in [-0.39, 0.29) is 51.1 Å². The predicted octanol–water partition coefficient (Wildman–Crippen LogP) is 9.53. The lowest BCUT2D eigenvalue weighted by Crippen LogP contribution is -2.56. The minimum absolute atomic E-state index is 0.0393. The monoisotopic (exact) mass is 1170 g/mol. The van der Waals surface area contributed by atoms with E-state index in [9.17, 15) is 0 Å². The van der Waals surface area contributed by atoms with Crippen LogP contribution in [0.2, 0.25) is 0 Å². The lowest BCUT2D eigenvalue weighted by atomic mass is 9.73. The van der Waals surface area contributed by atoms with E-state index < -0.39 is 56.9 Å². The van der Waals surface area contributed by atoms with Crippen molar-refractivity contribution in [1.82, 2.24) is 19.9 Å². The summed E-state index contributed by atoms with van der Waals surface area (Å²) in [6, 6.07) is 7.96. The number of esters is 4. The van der Waals surface area contributed by atoms with Crippen molar-refractivity contribution >= 4 is 120 Å². The first kappa shape index (κ1) is 59.7. The lowest BCUT2D eigenvalue weighted by molar-refractivity contribution is -0.185. The number of carbonyl (C=O) groups is 4. The van der Waals surface area contributed by atoms with Crippen LogP contribution in [0.25, 0.3) is 95.9 Å². The second-order valence-electron chi connectivity index (χ2n) is 30.1. The molecule has 4 heterocycles.